The number of aliphatic hydroxyl groups is 1. The topological polar surface area (TPSA) is 33.4 Å². The van der Waals surface area contributed by atoms with Gasteiger partial charge < -0.3 is 9.52 Å². The average molecular weight is 281 g/mol. The maximum atomic E-state index is 9.93. The third-order valence-corrected chi connectivity index (χ3v) is 3.15. The predicted octanol–water partition coefficient (Wildman–Crippen LogP) is 3.71. The van der Waals surface area contributed by atoms with Crippen LogP contribution in [0.15, 0.2) is 51.6 Å². The van der Waals surface area contributed by atoms with Crippen molar-refractivity contribution in [3.8, 4) is 0 Å². The summed E-state index contributed by atoms with van der Waals surface area (Å²) in [5, 5.41) is 9.93. The van der Waals surface area contributed by atoms with Gasteiger partial charge >= 0.3 is 0 Å². The molecule has 0 saturated carbocycles. The van der Waals surface area contributed by atoms with Gasteiger partial charge in [0.15, 0.2) is 0 Å². The van der Waals surface area contributed by atoms with Crippen molar-refractivity contribution in [1.82, 2.24) is 0 Å². The Morgan fingerprint density at radius 1 is 1.19 bits per heavy atom. The molecule has 0 aliphatic heterocycles. The Hall–Kier alpha value is -1.06. The first kappa shape index (κ1) is 11.4. The minimum Gasteiger partial charge on any atom is -0.465 e. The zero-order valence-corrected chi connectivity index (χ0v) is 10.4. The Bertz CT molecular complexity index is 436. The molecule has 1 atom stereocenters. The second kappa shape index (κ2) is 5.32. The summed E-state index contributed by atoms with van der Waals surface area (Å²) in [5.74, 6) is 0.607. The van der Waals surface area contributed by atoms with Crippen LogP contribution < -0.4 is 0 Å². The number of halogens is 1. The molecule has 1 heterocycles. The molecule has 1 N–H and O–H groups in total. The zero-order chi connectivity index (χ0) is 11.4. The highest BCUT2D eigenvalue weighted by Crippen LogP contribution is 2.27. The Balaban J connectivity index is 1.94. The van der Waals surface area contributed by atoms with Crippen molar-refractivity contribution >= 4 is 15.9 Å². The number of aliphatic hydroxyl groups excluding tert-OH is 1. The van der Waals surface area contributed by atoms with Crippen molar-refractivity contribution in [2.45, 2.75) is 18.9 Å². The molecule has 0 aliphatic carbocycles. The Kier molecular flexibility index (Phi) is 3.80. The number of furan rings is 1. The van der Waals surface area contributed by atoms with Crippen LogP contribution in [-0.4, -0.2) is 5.11 Å². The molecule has 84 valence electrons. The lowest BCUT2D eigenvalue weighted by molar-refractivity contribution is 0.139. The standard InChI is InChI=1S/C13H13BrO2/c14-11-8-9-16-13(11)12(15)7-6-10-4-2-1-3-5-10/h1-5,8-9,12,15H,6-7H2. The average Bonchev–Trinajstić information content (AvgIpc) is 2.74. The number of benzene rings is 1. The number of hydrogen-bond donors (Lipinski definition) is 1. The molecule has 0 bridgehead atoms. The maximum Gasteiger partial charge on any atom is 0.146 e. The van der Waals surface area contributed by atoms with E-state index in [4.69, 9.17) is 4.42 Å². The quantitative estimate of drug-likeness (QED) is 0.926. The Morgan fingerprint density at radius 2 is 1.94 bits per heavy atom. The Morgan fingerprint density at radius 3 is 2.56 bits per heavy atom. The second-order valence-corrected chi connectivity index (χ2v) is 4.53. The molecule has 1 unspecified atom stereocenters. The summed E-state index contributed by atoms with van der Waals surface area (Å²) in [6, 6.07) is 11.9. The van der Waals surface area contributed by atoms with Gasteiger partial charge in [0.25, 0.3) is 0 Å². The van der Waals surface area contributed by atoms with Crippen molar-refractivity contribution in [2.24, 2.45) is 0 Å². The van der Waals surface area contributed by atoms with Crippen LogP contribution in [-0.2, 0) is 6.42 Å². The number of hydrogen-bond acceptors (Lipinski definition) is 2. The molecular weight excluding hydrogens is 268 g/mol. The predicted molar refractivity (Wildman–Crippen MR) is 66.1 cm³/mol. The molecule has 0 fully saturated rings. The van der Waals surface area contributed by atoms with E-state index in [0.717, 1.165) is 10.9 Å². The fourth-order valence-electron chi connectivity index (χ4n) is 1.62. The normalized spacial score (nSPS) is 12.6. The molecule has 2 aromatic rings. The molecule has 0 spiro atoms. The zero-order valence-electron chi connectivity index (χ0n) is 8.77. The largest absolute Gasteiger partial charge is 0.465 e. The highest BCUT2D eigenvalue weighted by atomic mass is 79.9. The van der Waals surface area contributed by atoms with Gasteiger partial charge in [0.1, 0.15) is 11.9 Å². The van der Waals surface area contributed by atoms with Gasteiger partial charge in [-0.05, 0) is 40.4 Å². The van der Waals surface area contributed by atoms with E-state index >= 15 is 0 Å². The van der Waals surface area contributed by atoms with E-state index in [-0.39, 0.29) is 0 Å². The first-order valence-electron chi connectivity index (χ1n) is 5.22. The summed E-state index contributed by atoms with van der Waals surface area (Å²) in [6.07, 6.45) is 2.53. The summed E-state index contributed by atoms with van der Waals surface area (Å²) in [5.41, 5.74) is 1.23. The van der Waals surface area contributed by atoms with E-state index in [1.54, 1.807) is 12.3 Å². The van der Waals surface area contributed by atoms with Crippen LogP contribution in [0.3, 0.4) is 0 Å². The van der Waals surface area contributed by atoms with Gasteiger partial charge in [-0.25, -0.2) is 0 Å². The summed E-state index contributed by atoms with van der Waals surface area (Å²) in [4.78, 5) is 0. The van der Waals surface area contributed by atoms with Crippen molar-refractivity contribution in [3.63, 3.8) is 0 Å². The van der Waals surface area contributed by atoms with Crippen LogP contribution >= 0.6 is 15.9 Å². The molecule has 0 radical (unpaired) electrons. The lowest BCUT2D eigenvalue weighted by Gasteiger charge is -2.08. The molecule has 3 heteroatoms. The van der Waals surface area contributed by atoms with Gasteiger partial charge in [0.05, 0.1) is 10.7 Å². The molecule has 1 aromatic heterocycles. The summed E-state index contributed by atoms with van der Waals surface area (Å²) in [7, 11) is 0. The molecule has 1 aromatic carbocycles. The van der Waals surface area contributed by atoms with Gasteiger partial charge in [-0.15, -0.1) is 0 Å². The number of rotatable bonds is 4. The first-order chi connectivity index (χ1) is 7.77. The van der Waals surface area contributed by atoms with Gasteiger partial charge in [0.2, 0.25) is 0 Å². The van der Waals surface area contributed by atoms with Crippen LogP contribution in [0.2, 0.25) is 0 Å². The number of aryl methyl sites for hydroxylation is 1. The smallest absolute Gasteiger partial charge is 0.146 e. The molecule has 0 amide bonds. The van der Waals surface area contributed by atoms with E-state index in [1.165, 1.54) is 5.56 Å². The van der Waals surface area contributed by atoms with Crippen LogP contribution in [0.25, 0.3) is 0 Å². The van der Waals surface area contributed by atoms with Crippen molar-refractivity contribution in [1.29, 1.82) is 0 Å². The highest BCUT2D eigenvalue weighted by Gasteiger charge is 2.14. The minimum absolute atomic E-state index is 0.551. The fraction of sp³-hybridized carbons (Fsp3) is 0.231. The first-order valence-corrected chi connectivity index (χ1v) is 6.01. The lowest BCUT2D eigenvalue weighted by Crippen LogP contribution is -1.98. The molecule has 2 rings (SSSR count). The van der Waals surface area contributed by atoms with Gasteiger partial charge in [0, 0.05) is 0 Å². The summed E-state index contributed by atoms with van der Waals surface area (Å²) < 4.78 is 6.04. The van der Waals surface area contributed by atoms with E-state index in [0.29, 0.717) is 12.2 Å². The lowest BCUT2D eigenvalue weighted by atomic mass is 10.1. The third-order valence-electron chi connectivity index (χ3n) is 2.50. The molecule has 0 saturated heterocycles. The molecule has 0 aliphatic rings. The van der Waals surface area contributed by atoms with Crippen molar-refractivity contribution in [2.75, 3.05) is 0 Å². The van der Waals surface area contributed by atoms with Gasteiger partial charge in [-0.2, -0.15) is 0 Å². The third kappa shape index (κ3) is 2.74. The SMILES string of the molecule is OC(CCc1ccccc1)c1occc1Br. The Labute approximate surface area is 103 Å². The summed E-state index contributed by atoms with van der Waals surface area (Å²) >= 11 is 3.34. The van der Waals surface area contributed by atoms with Crippen LogP contribution in [0, 0.1) is 0 Å². The fourth-order valence-corrected chi connectivity index (χ4v) is 2.09. The van der Waals surface area contributed by atoms with Crippen LogP contribution in [0.5, 0.6) is 0 Å². The van der Waals surface area contributed by atoms with E-state index in [1.807, 2.05) is 18.2 Å². The van der Waals surface area contributed by atoms with Gasteiger partial charge in [-0.1, -0.05) is 30.3 Å². The van der Waals surface area contributed by atoms with Crippen molar-refractivity contribution in [3.05, 3.63) is 58.5 Å². The molecule has 16 heavy (non-hydrogen) atoms. The highest BCUT2D eigenvalue weighted by molar-refractivity contribution is 9.10. The molecule has 2 nitrogen and oxygen atoms in total. The second-order valence-electron chi connectivity index (χ2n) is 3.67. The maximum absolute atomic E-state index is 9.93. The van der Waals surface area contributed by atoms with Crippen LogP contribution in [0.1, 0.15) is 23.8 Å². The van der Waals surface area contributed by atoms with E-state index in [9.17, 15) is 5.11 Å². The van der Waals surface area contributed by atoms with E-state index in [2.05, 4.69) is 28.1 Å². The summed E-state index contributed by atoms with van der Waals surface area (Å²) in [6.45, 7) is 0. The molecular formula is C13H13BrO2. The monoisotopic (exact) mass is 280 g/mol. The van der Waals surface area contributed by atoms with Crippen LogP contribution in [0.4, 0.5) is 0 Å². The van der Waals surface area contributed by atoms with Crippen molar-refractivity contribution < 1.29 is 9.52 Å². The van der Waals surface area contributed by atoms with E-state index < -0.39 is 6.10 Å². The minimum atomic E-state index is -0.551. The van der Waals surface area contributed by atoms with Gasteiger partial charge in [-0.3, -0.25) is 0 Å².